The Morgan fingerprint density at radius 2 is 2.30 bits per heavy atom. The maximum Gasteiger partial charge on any atom is 0.351 e. The minimum Gasteiger partial charge on any atom is -0.374 e. The van der Waals surface area contributed by atoms with Crippen molar-refractivity contribution < 1.29 is 37.5 Å². The molecule has 8 nitrogen and oxygen atoms in total. The van der Waals surface area contributed by atoms with E-state index in [1.165, 1.54) is 18.1 Å². The van der Waals surface area contributed by atoms with Crippen LogP contribution in [0.3, 0.4) is 0 Å². The van der Waals surface area contributed by atoms with Crippen LogP contribution in [0.1, 0.15) is 6.42 Å². The number of alkyl halides is 1. The third-order valence-corrected chi connectivity index (χ3v) is 3.69. The number of nitrogens with one attached hydrogen (secondary N) is 1. The van der Waals surface area contributed by atoms with Crippen molar-refractivity contribution in [3.8, 4) is 0 Å². The molecule has 0 saturated heterocycles. The van der Waals surface area contributed by atoms with Crippen LogP contribution in [0.2, 0.25) is 0 Å². The molecule has 3 N–H and O–H groups in total. The second-order valence-electron chi connectivity index (χ2n) is 4.96. The summed E-state index contributed by atoms with van der Waals surface area (Å²) in [6.07, 6.45) is 2.18. The molecule has 0 spiro atoms. The molecule has 0 bridgehead atoms. The average Bonchev–Trinajstić information content (AvgIpc) is 2.80. The van der Waals surface area contributed by atoms with Crippen LogP contribution in [0, 0.1) is 0 Å². The molecule has 11 heteroatoms. The highest BCUT2D eigenvalue weighted by Crippen LogP contribution is 2.42. The summed E-state index contributed by atoms with van der Waals surface area (Å²) in [5.41, 5.74) is -2.06. The summed E-state index contributed by atoms with van der Waals surface area (Å²) in [6, 6.07) is -0.692. The standard InChI is InChI=1S/C12H17F2N2O6P/c1-16(3-2-11(18)15-7-17)9-4-10(14)12(5-9,6-13)22-8-23(19,20)21/h2-4,7,9H,5-6,8H2,1H3,(H,15,17,18)(H2,19,20,21)/b3-2-/t9?,12-/m1/s1. The van der Waals surface area contributed by atoms with Crippen molar-refractivity contribution in [3.63, 3.8) is 0 Å². The number of halogens is 2. The van der Waals surface area contributed by atoms with Gasteiger partial charge in [0.1, 0.15) is 18.8 Å². The minimum absolute atomic E-state index is 0.200. The van der Waals surface area contributed by atoms with Gasteiger partial charge in [-0.3, -0.25) is 19.5 Å². The summed E-state index contributed by atoms with van der Waals surface area (Å²) in [7, 11) is -3.09. The number of hydrogen-bond donors (Lipinski definition) is 3. The Morgan fingerprint density at radius 1 is 1.65 bits per heavy atom. The number of carbonyl (C=O) groups is 2. The molecule has 2 atom stereocenters. The van der Waals surface area contributed by atoms with E-state index in [0.717, 1.165) is 12.2 Å². The summed E-state index contributed by atoms with van der Waals surface area (Å²) in [6.45, 7) is -1.30. The molecule has 0 aromatic carbocycles. The quantitative estimate of drug-likeness (QED) is 0.324. The number of likely N-dealkylation sites (N-methyl/N-ethyl adjacent to an activating group) is 1. The summed E-state index contributed by atoms with van der Waals surface area (Å²) < 4.78 is 42.9. The largest absolute Gasteiger partial charge is 0.374 e. The van der Waals surface area contributed by atoms with Crippen LogP contribution < -0.4 is 5.32 Å². The van der Waals surface area contributed by atoms with Crippen molar-refractivity contribution in [2.75, 3.05) is 20.1 Å². The van der Waals surface area contributed by atoms with Crippen LogP contribution in [0.25, 0.3) is 0 Å². The normalized spacial score (nSPS) is 24.6. The van der Waals surface area contributed by atoms with Gasteiger partial charge in [0.25, 0.3) is 5.91 Å². The number of hydrogen-bond acceptors (Lipinski definition) is 5. The van der Waals surface area contributed by atoms with Gasteiger partial charge in [0.05, 0.1) is 6.04 Å². The van der Waals surface area contributed by atoms with E-state index in [2.05, 4.69) is 0 Å². The maximum absolute atomic E-state index is 14.0. The monoisotopic (exact) mass is 354 g/mol. The van der Waals surface area contributed by atoms with Gasteiger partial charge < -0.3 is 19.4 Å². The molecule has 1 aliphatic carbocycles. The highest BCUT2D eigenvalue weighted by atomic mass is 31.2. The van der Waals surface area contributed by atoms with Gasteiger partial charge in [0, 0.05) is 25.7 Å². The van der Waals surface area contributed by atoms with E-state index in [1.807, 2.05) is 5.32 Å². The molecule has 0 aromatic heterocycles. The van der Waals surface area contributed by atoms with Gasteiger partial charge in [-0.2, -0.15) is 0 Å². The van der Waals surface area contributed by atoms with Gasteiger partial charge in [-0.05, 0) is 6.08 Å². The third kappa shape index (κ3) is 5.51. The molecule has 1 rings (SSSR count). The van der Waals surface area contributed by atoms with Crippen molar-refractivity contribution in [2.45, 2.75) is 18.1 Å². The number of nitrogens with zero attached hydrogens (tertiary/aromatic N) is 1. The van der Waals surface area contributed by atoms with Gasteiger partial charge in [-0.15, -0.1) is 0 Å². The van der Waals surface area contributed by atoms with E-state index in [4.69, 9.17) is 14.5 Å². The summed E-state index contributed by atoms with van der Waals surface area (Å²) in [5, 5.41) is 1.87. The van der Waals surface area contributed by atoms with E-state index in [9.17, 15) is 22.9 Å². The van der Waals surface area contributed by atoms with Gasteiger partial charge in [0.2, 0.25) is 6.41 Å². The second kappa shape index (κ2) is 7.78. The fourth-order valence-electron chi connectivity index (χ4n) is 1.97. The van der Waals surface area contributed by atoms with E-state index in [-0.39, 0.29) is 12.8 Å². The van der Waals surface area contributed by atoms with Gasteiger partial charge in [0.15, 0.2) is 5.60 Å². The molecule has 0 radical (unpaired) electrons. The van der Waals surface area contributed by atoms with Crippen LogP contribution in [-0.4, -0.2) is 58.7 Å². The lowest BCUT2D eigenvalue weighted by molar-refractivity contribution is -0.121. The SMILES string of the molecule is CN(/C=C\C(=O)NC=O)C1C=C(F)[C@@](CF)(OCP(=O)(O)O)C1. The molecule has 0 saturated carbocycles. The molecule has 130 valence electrons. The molecular formula is C12H17F2N2O6P. The molecule has 2 amide bonds. The zero-order chi connectivity index (χ0) is 17.7. The highest BCUT2D eigenvalue weighted by Gasteiger charge is 2.46. The first-order chi connectivity index (χ1) is 10.6. The van der Waals surface area contributed by atoms with Gasteiger partial charge >= 0.3 is 7.60 Å². The Bertz CT molecular complexity index is 564. The Kier molecular flexibility index (Phi) is 6.57. The molecule has 23 heavy (non-hydrogen) atoms. The first-order valence-corrected chi connectivity index (χ1v) is 8.20. The summed E-state index contributed by atoms with van der Waals surface area (Å²) in [5.74, 6) is -1.67. The fourth-order valence-corrected chi connectivity index (χ4v) is 2.39. The van der Waals surface area contributed by atoms with Gasteiger partial charge in [-0.1, -0.05) is 0 Å². The number of carbonyl (C=O) groups excluding carboxylic acids is 2. The van der Waals surface area contributed by atoms with Crippen LogP contribution >= 0.6 is 7.60 Å². The molecule has 1 unspecified atom stereocenters. The molecule has 0 fully saturated rings. The Hall–Kier alpha value is -1.61. The maximum atomic E-state index is 14.0. The molecular weight excluding hydrogens is 337 g/mol. The Labute approximate surface area is 130 Å². The zero-order valence-electron chi connectivity index (χ0n) is 12.2. The van der Waals surface area contributed by atoms with Gasteiger partial charge in [-0.25, -0.2) is 8.78 Å². The first-order valence-electron chi connectivity index (χ1n) is 6.40. The zero-order valence-corrected chi connectivity index (χ0v) is 13.1. The van der Waals surface area contributed by atoms with Crippen molar-refractivity contribution >= 4 is 19.9 Å². The molecule has 0 aromatic rings. The lowest BCUT2D eigenvalue weighted by atomic mass is 10.0. The van der Waals surface area contributed by atoms with Crippen LogP contribution in [0.15, 0.2) is 24.2 Å². The van der Waals surface area contributed by atoms with E-state index >= 15 is 0 Å². The number of imide groups is 1. The number of rotatable bonds is 8. The van der Waals surface area contributed by atoms with Crippen molar-refractivity contribution in [2.24, 2.45) is 0 Å². The minimum atomic E-state index is -4.57. The van der Waals surface area contributed by atoms with Crippen molar-refractivity contribution in [1.82, 2.24) is 10.2 Å². The van der Waals surface area contributed by atoms with Crippen LogP contribution in [0.5, 0.6) is 0 Å². The second-order valence-corrected chi connectivity index (χ2v) is 6.55. The van der Waals surface area contributed by atoms with Crippen LogP contribution in [-0.2, 0) is 18.9 Å². The van der Waals surface area contributed by atoms with Crippen molar-refractivity contribution in [1.29, 1.82) is 0 Å². The lowest BCUT2D eigenvalue weighted by Gasteiger charge is -2.29. The fraction of sp³-hybridized carbons (Fsp3) is 0.500. The first kappa shape index (κ1) is 19.4. The van der Waals surface area contributed by atoms with Crippen LogP contribution in [0.4, 0.5) is 8.78 Å². The average molecular weight is 354 g/mol. The lowest BCUT2D eigenvalue weighted by Crippen LogP contribution is -2.38. The third-order valence-electron chi connectivity index (χ3n) is 3.22. The number of amides is 2. The summed E-state index contributed by atoms with van der Waals surface area (Å²) >= 11 is 0. The smallest absolute Gasteiger partial charge is 0.351 e. The Balaban J connectivity index is 2.77. The predicted molar refractivity (Wildman–Crippen MR) is 75.4 cm³/mol. The summed E-state index contributed by atoms with van der Waals surface area (Å²) in [4.78, 5) is 40.1. The predicted octanol–water partition coefficient (Wildman–Crippen LogP) is 0.190. The highest BCUT2D eigenvalue weighted by molar-refractivity contribution is 7.51. The number of ether oxygens (including phenoxy) is 1. The topological polar surface area (TPSA) is 116 Å². The molecule has 1 aliphatic rings. The Morgan fingerprint density at radius 3 is 2.83 bits per heavy atom. The molecule has 0 heterocycles. The van der Waals surface area contributed by atoms with E-state index < -0.39 is 44.0 Å². The molecule has 0 aliphatic heterocycles. The van der Waals surface area contributed by atoms with E-state index in [1.54, 1.807) is 0 Å². The van der Waals surface area contributed by atoms with Crippen molar-refractivity contribution in [3.05, 3.63) is 24.2 Å². The van der Waals surface area contributed by atoms with E-state index in [0.29, 0.717) is 0 Å².